The molecule has 9 heteroatoms. The average Bonchev–Trinajstić information content (AvgIpc) is 2.28. The molecule has 0 saturated heterocycles. The molecule has 0 saturated carbocycles. The second-order valence-electron chi connectivity index (χ2n) is 3.12. The average molecular weight is 277 g/mol. The third-order valence-corrected chi connectivity index (χ3v) is 1.92. The molecule has 0 spiro atoms. The van der Waals surface area contributed by atoms with Crippen molar-refractivity contribution in [2.45, 2.75) is 6.61 Å². The van der Waals surface area contributed by atoms with Crippen molar-refractivity contribution in [1.82, 2.24) is 0 Å². The van der Waals surface area contributed by atoms with Gasteiger partial charge in [0.1, 0.15) is 0 Å². The Morgan fingerprint density at radius 3 is 2.58 bits per heavy atom. The molecule has 0 atom stereocenters. The fourth-order valence-electron chi connectivity index (χ4n) is 1.20. The van der Waals surface area contributed by atoms with E-state index in [1.807, 2.05) is 0 Å². The Labute approximate surface area is 103 Å². The number of hydrogen-bond donors (Lipinski definition) is 1. The predicted octanol–water partition coefficient (Wildman–Crippen LogP) is 2.43. The van der Waals surface area contributed by atoms with Gasteiger partial charge in [0, 0.05) is 17.7 Å². The predicted molar refractivity (Wildman–Crippen MR) is 56.4 cm³/mol. The number of aliphatic carboxylic acids is 1. The summed E-state index contributed by atoms with van der Waals surface area (Å²) in [6, 6.07) is 1.62. The van der Waals surface area contributed by atoms with Gasteiger partial charge in [-0.2, -0.15) is 13.2 Å². The molecule has 1 aromatic carbocycles. The van der Waals surface area contributed by atoms with Crippen LogP contribution in [0.15, 0.2) is 18.2 Å². The van der Waals surface area contributed by atoms with Crippen LogP contribution in [-0.2, 0) is 4.79 Å². The molecule has 0 aromatic heterocycles. The van der Waals surface area contributed by atoms with Crippen LogP contribution in [0.25, 0.3) is 6.08 Å². The van der Waals surface area contributed by atoms with Gasteiger partial charge < -0.3 is 9.84 Å². The molecule has 0 fully saturated rings. The number of halogens is 3. The van der Waals surface area contributed by atoms with Crippen molar-refractivity contribution in [2.75, 3.05) is 0 Å². The van der Waals surface area contributed by atoms with Gasteiger partial charge in [0.2, 0.25) is 5.82 Å². The highest BCUT2D eigenvalue weighted by molar-refractivity contribution is 5.86. The Morgan fingerprint density at radius 2 is 2.11 bits per heavy atom. The number of nitrogens with zero attached hydrogens (tertiary/aromatic N) is 1. The van der Waals surface area contributed by atoms with E-state index >= 15 is 0 Å². The molecule has 0 amide bonds. The zero-order valence-electron chi connectivity index (χ0n) is 9.05. The SMILES string of the molecule is O=C(O)/C=C/c1ccc([N+](=O)[O-])c(F)c1OC(F)F. The lowest BCUT2D eigenvalue weighted by atomic mass is 10.1. The summed E-state index contributed by atoms with van der Waals surface area (Å²) in [7, 11) is 0. The van der Waals surface area contributed by atoms with E-state index < -0.39 is 34.8 Å². The molecule has 0 aliphatic carbocycles. The van der Waals surface area contributed by atoms with E-state index in [2.05, 4.69) is 4.74 Å². The van der Waals surface area contributed by atoms with E-state index in [1.54, 1.807) is 0 Å². The molecule has 0 aliphatic rings. The summed E-state index contributed by atoms with van der Waals surface area (Å²) in [6.45, 7) is -3.41. The molecule has 0 unspecified atom stereocenters. The molecular weight excluding hydrogens is 271 g/mol. The Morgan fingerprint density at radius 1 is 1.47 bits per heavy atom. The summed E-state index contributed by atoms with van der Waals surface area (Å²) in [5, 5.41) is 18.8. The third-order valence-electron chi connectivity index (χ3n) is 1.92. The molecule has 0 heterocycles. The van der Waals surface area contributed by atoms with Crippen LogP contribution in [0.4, 0.5) is 18.9 Å². The fourth-order valence-corrected chi connectivity index (χ4v) is 1.20. The minimum Gasteiger partial charge on any atom is -0.478 e. The number of benzene rings is 1. The number of carboxylic acids is 1. The van der Waals surface area contributed by atoms with Crippen LogP contribution in [0.2, 0.25) is 0 Å². The summed E-state index contributed by atoms with van der Waals surface area (Å²) in [5.41, 5.74) is -1.41. The lowest BCUT2D eigenvalue weighted by Crippen LogP contribution is -2.07. The quantitative estimate of drug-likeness (QED) is 0.507. The molecule has 1 aromatic rings. The van der Waals surface area contributed by atoms with Crippen LogP contribution in [0, 0.1) is 15.9 Å². The van der Waals surface area contributed by atoms with Crippen LogP contribution in [0.1, 0.15) is 5.56 Å². The highest BCUT2D eigenvalue weighted by atomic mass is 19.3. The summed E-state index contributed by atoms with van der Waals surface area (Å²) < 4.78 is 41.7. The lowest BCUT2D eigenvalue weighted by Gasteiger charge is -2.09. The zero-order chi connectivity index (χ0) is 14.6. The first-order valence-corrected chi connectivity index (χ1v) is 4.65. The normalized spacial score (nSPS) is 10.9. The van der Waals surface area contributed by atoms with E-state index in [9.17, 15) is 28.1 Å². The van der Waals surface area contributed by atoms with Gasteiger partial charge in [0.15, 0.2) is 5.75 Å². The van der Waals surface area contributed by atoms with Gasteiger partial charge in [-0.25, -0.2) is 4.79 Å². The summed E-state index contributed by atoms with van der Waals surface area (Å²) in [5.74, 6) is -4.08. The van der Waals surface area contributed by atoms with E-state index in [4.69, 9.17) is 5.11 Å². The van der Waals surface area contributed by atoms with Gasteiger partial charge >= 0.3 is 18.3 Å². The second kappa shape index (κ2) is 5.85. The van der Waals surface area contributed by atoms with Crippen LogP contribution in [0.3, 0.4) is 0 Å². The molecule has 1 N–H and O–H groups in total. The van der Waals surface area contributed by atoms with Gasteiger partial charge in [-0.3, -0.25) is 10.1 Å². The highest BCUT2D eigenvalue weighted by Crippen LogP contribution is 2.32. The number of nitro benzene ring substituents is 1. The fraction of sp³-hybridized carbons (Fsp3) is 0.100. The number of nitro groups is 1. The maximum Gasteiger partial charge on any atom is 0.387 e. The topological polar surface area (TPSA) is 89.7 Å². The van der Waals surface area contributed by atoms with Crippen LogP contribution >= 0.6 is 0 Å². The molecule has 102 valence electrons. The number of ether oxygens (including phenoxy) is 1. The van der Waals surface area contributed by atoms with Crippen molar-refractivity contribution >= 4 is 17.7 Å². The van der Waals surface area contributed by atoms with E-state index in [1.165, 1.54) is 0 Å². The molecule has 0 radical (unpaired) electrons. The van der Waals surface area contributed by atoms with Gasteiger partial charge in [-0.15, -0.1) is 0 Å². The highest BCUT2D eigenvalue weighted by Gasteiger charge is 2.23. The largest absolute Gasteiger partial charge is 0.478 e. The van der Waals surface area contributed by atoms with Crippen LogP contribution in [-0.4, -0.2) is 22.6 Å². The van der Waals surface area contributed by atoms with Crippen molar-refractivity contribution in [3.63, 3.8) is 0 Å². The van der Waals surface area contributed by atoms with Gasteiger partial charge in [-0.05, 0) is 12.1 Å². The smallest absolute Gasteiger partial charge is 0.387 e. The minimum atomic E-state index is -3.41. The lowest BCUT2D eigenvalue weighted by molar-refractivity contribution is -0.387. The monoisotopic (exact) mass is 277 g/mol. The number of rotatable bonds is 5. The van der Waals surface area contributed by atoms with Gasteiger partial charge in [0.05, 0.1) is 4.92 Å². The first-order valence-electron chi connectivity index (χ1n) is 4.65. The molecule has 6 nitrogen and oxygen atoms in total. The summed E-state index contributed by atoms with van der Waals surface area (Å²) in [4.78, 5) is 19.6. The van der Waals surface area contributed by atoms with Crippen molar-refractivity contribution in [1.29, 1.82) is 0 Å². The van der Waals surface area contributed by atoms with Crippen molar-refractivity contribution in [3.8, 4) is 5.75 Å². The Balaban J connectivity index is 3.34. The van der Waals surface area contributed by atoms with Crippen LogP contribution < -0.4 is 4.74 Å². The molecule has 1 rings (SSSR count). The van der Waals surface area contributed by atoms with E-state index in [-0.39, 0.29) is 5.56 Å². The maximum absolute atomic E-state index is 13.6. The van der Waals surface area contributed by atoms with Crippen molar-refractivity contribution < 1.29 is 32.7 Å². The number of hydrogen-bond acceptors (Lipinski definition) is 4. The van der Waals surface area contributed by atoms with E-state index in [0.717, 1.165) is 18.2 Å². The Kier molecular flexibility index (Phi) is 4.46. The number of alkyl halides is 2. The Hall–Kier alpha value is -2.58. The maximum atomic E-state index is 13.6. The van der Waals surface area contributed by atoms with Crippen molar-refractivity contribution in [3.05, 3.63) is 39.7 Å². The minimum absolute atomic E-state index is 0.356. The second-order valence-corrected chi connectivity index (χ2v) is 3.12. The number of carbonyl (C=O) groups is 1. The van der Waals surface area contributed by atoms with E-state index in [0.29, 0.717) is 6.08 Å². The summed E-state index contributed by atoms with van der Waals surface area (Å²) in [6.07, 6.45) is 1.34. The number of carboxylic acid groups (broad SMARTS) is 1. The van der Waals surface area contributed by atoms with Crippen LogP contribution in [0.5, 0.6) is 5.75 Å². The molecular formula is C10H6F3NO5. The van der Waals surface area contributed by atoms with Gasteiger partial charge in [-0.1, -0.05) is 0 Å². The molecule has 0 bridgehead atoms. The zero-order valence-corrected chi connectivity index (χ0v) is 9.05. The van der Waals surface area contributed by atoms with Gasteiger partial charge in [0.25, 0.3) is 0 Å². The third kappa shape index (κ3) is 3.69. The first-order chi connectivity index (χ1) is 8.82. The summed E-state index contributed by atoms with van der Waals surface area (Å²) >= 11 is 0. The molecule has 19 heavy (non-hydrogen) atoms. The molecule has 0 aliphatic heterocycles. The Bertz CT molecular complexity index is 544. The first kappa shape index (κ1) is 14.5. The van der Waals surface area contributed by atoms with Crippen molar-refractivity contribution in [2.24, 2.45) is 0 Å². The standard InChI is InChI=1S/C10H6F3NO5/c11-8-6(14(17)18)3-1-5(2-4-7(15)16)9(8)19-10(12)13/h1-4,10H,(H,15,16)/b4-2+.